The van der Waals surface area contributed by atoms with Crippen LogP contribution in [0.25, 0.3) is 5.70 Å². The summed E-state index contributed by atoms with van der Waals surface area (Å²) in [5.74, 6) is 0.474. The fourth-order valence-electron chi connectivity index (χ4n) is 3.72. The standard InChI is InChI=1S/C25H23N5O2S/c1-17-8-12-20(13-9-17)23-16-22(19-6-4-3-5-7-19)26-25-27-24(28-30(23)25)29-33(31,32)21-14-10-18(2)11-15-21/h3-16,23H,1-2H3,(H2,26,27,28,29)/t23-/m0/s1. The van der Waals surface area contributed by atoms with Crippen molar-refractivity contribution in [2.45, 2.75) is 24.8 Å². The Balaban J connectivity index is 1.53. The summed E-state index contributed by atoms with van der Waals surface area (Å²) in [7, 11) is -3.82. The summed E-state index contributed by atoms with van der Waals surface area (Å²) in [5, 5.41) is 7.79. The van der Waals surface area contributed by atoms with E-state index in [0.29, 0.717) is 5.95 Å². The fourth-order valence-corrected chi connectivity index (χ4v) is 4.66. The second kappa shape index (κ2) is 8.22. The third-order valence-electron chi connectivity index (χ3n) is 5.53. The van der Waals surface area contributed by atoms with Gasteiger partial charge in [-0.05, 0) is 43.2 Å². The molecule has 166 valence electrons. The molecule has 2 heterocycles. The number of rotatable bonds is 5. The minimum absolute atomic E-state index is 0.0119. The number of anilines is 2. The van der Waals surface area contributed by atoms with E-state index >= 15 is 0 Å². The zero-order valence-corrected chi connectivity index (χ0v) is 19.0. The van der Waals surface area contributed by atoms with E-state index in [1.54, 1.807) is 28.9 Å². The van der Waals surface area contributed by atoms with Crippen molar-refractivity contribution >= 4 is 27.6 Å². The first-order valence-corrected chi connectivity index (χ1v) is 12.0. The minimum Gasteiger partial charge on any atom is -0.324 e. The van der Waals surface area contributed by atoms with Gasteiger partial charge in [-0.3, -0.25) is 0 Å². The van der Waals surface area contributed by atoms with Gasteiger partial charge in [0.1, 0.15) is 6.04 Å². The number of aromatic nitrogens is 3. The first kappa shape index (κ1) is 21.0. The van der Waals surface area contributed by atoms with Crippen LogP contribution >= 0.6 is 0 Å². The maximum Gasteiger partial charge on any atom is 0.264 e. The fraction of sp³-hybridized carbons (Fsp3) is 0.120. The summed E-state index contributed by atoms with van der Waals surface area (Å²) in [6, 6.07) is 24.5. The van der Waals surface area contributed by atoms with Gasteiger partial charge in [-0.1, -0.05) is 77.9 Å². The molecule has 1 aromatic heterocycles. The molecule has 4 aromatic rings. The van der Waals surface area contributed by atoms with E-state index in [9.17, 15) is 8.42 Å². The highest BCUT2D eigenvalue weighted by Gasteiger charge is 2.27. The van der Waals surface area contributed by atoms with Gasteiger partial charge in [0.05, 0.1) is 4.90 Å². The topological polar surface area (TPSA) is 88.9 Å². The van der Waals surface area contributed by atoms with E-state index < -0.39 is 10.0 Å². The van der Waals surface area contributed by atoms with Crippen molar-refractivity contribution in [3.63, 3.8) is 0 Å². The lowest BCUT2D eigenvalue weighted by atomic mass is 10.0. The first-order valence-electron chi connectivity index (χ1n) is 10.6. The van der Waals surface area contributed by atoms with Crippen LogP contribution < -0.4 is 10.0 Å². The average molecular weight is 458 g/mol. The van der Waals surface area contributed by atoms with Gasteiger partial charge < -0.3 is 5.32 Å². The predicted molar refractivity (Wildman–Crippen MR) is 129 cm³/mol. The van der Waals surface area contributed by atoms with Crippen LogP contribution in [-0.2, 0) is 10.0 Å². The van der Waals surface area contributed by atoms with Crippen molar-refractivity contribution in [3.05, 3.63) is 107 Å². The molecule has 1 aliphatic rings. The van der Waals surface area contributed by atoms with Gasteiger partial charge in [-0.2, -0.15) is 4.98 Å². The highest BCUT2D eigenvalue weighted by atomic mass is 32.2. The second-order valence-electron chi connectivity index (χ2n) is 8.05. The van der Waals surface area contributed by atoms with Gasteiger partial charge in [0.15, 0.2) is 0 Å². The molecule has 0 radical (unpaired) electrons. The molecule has 0 fully saturated rings. The largest absolute Gasteiger partial charge is 0.324 e. The lowest BCUT2D eigenvalue weighted by Crippen LogP contribution is -2.20. The lowest BCUT2D eigenvalue weighted by Gasteiger charge is -2.24. The molecule has 8 heteroatoms. The Hall–Kier alpha value is -3.91. The quantitative estimate of drug-likeness (QED) is 0.451. The molecular formula is C25H23N5O2S. The Morgan fingerprint density at radius 2 is 1.52 bits per heavy atom. The molecule has 3 aromatic carbocycles. The van der Waals surface area contributed by atoms with Crippen LogP contribution in [0.3, 0.4) is 0 Å². The van der Waals surface area contributed by atoms with Crippen LogP contribution in [0.4, 0.5) is 11.9 Å². The molecule has 0 unspecified atom stereocenters. The van der Waals surface area contributed by atoms with Crippen molar-refractivity contribution < 1.29 is 8.42 Å². The summed E-state index contributed by atoms with van der Waals surface area (Å²) in [6.45, 7) is 3.94. The van der Waals surface area contributed by atoms with E-state index in [-0.39, 0.29) is 16.9 Å². The monoisotopic (exact) mass is 457 g/mol. The highest BCUT2D eigenvalue weighted by molar-refractivity contribution is 7.92. The van der Waals surface area contributed by atoms with Crippen LogP contribution in [-0.4, -0.2) is 23.2 Å². The normalized spacial score (nSPS) is 15.3. The average Bonchev–Trinajstić information content (AvgIpc) is 3.21. The van der Waals surface area contributed by atoms with Gasteiger partial charge in [0, 0.05) is 5.70 Å². The summed E-state index contributed by atoms with van der Waals surface area (Å²) in [5.41, 5.74) is 5.05. The number of nitrogens with one attached hydrogen (secondary N) is 2. The SMILES string of the molecule is Cc1ccc([C@@H]2C=C(c3ccccc3)Nc3nc(NS(=O)(=O)c4ccc(C)cc4)nn32)cc1. The molecule has 1 aliphatic heterocycles. The number of hydrogen-bond donors (Lipinski definition) is 2. The predicted octanol–water partition coefficient (Wildman–Crippen LogP) is 4.75. The van der Waals surface area contributed by atoms with Crippen molar-refractivity contribution in [2.75, 3.05) is 10.0 Å². The second-order valence-corrected chi connectivity index (χ2v) is 9.73. The van der Waals surface area contributed by atoms with Crippen molar-refractivity contribution in [2.24, 2.45) is 0 Å². The molecular weight excluding hydrogens is 434 g/mol. The Labute approximate surface area is 192 Å². The molecule has 0 saturated carbocycles. The number of allylic oxidation sites excluding steroid dienone is 1. The first-order chi connectivity index (χ1) is 15.9. The molecule has 33 heavy (non-hydrogen) atoms. The Morgan fingerprint density at radius 1 is 0.879 bits per heavy atom. The molecule has 1 atom stereocenters. The van der Waals surface area contributed by atoms with Crippen LogP contribution in [0.1, 0.15) is 28.3 Å². The smallest absolute Gasteiger partial charge is 0.264 e. The van der Waals surface area contributed by atoms with E-state index in [4.69, 9.17) is 0 Å². The Morgan fingerprint density at radius 3 is 2.18 bits per heavy atom. The molecule has 5 rings (SSSR count). The maximum absolute atomic E-state index is 12.9. The number of hydrogen-bond acceptors (Lipinski definition) is 5. The van der Waals surface area contributed by atoms with Gasteiger partial charge in [-0.25, -0.2) is 17.8 Å². The Bertz CT molecular complexity index is 1420. The number of benzene rings is 3. The molecule has 0 saturated heterocycles. The molecule has 0 spiro atoms. The van der Waals surface area contributed by atoms with Crippen molar-refractivity contribution in [1.82, 2.24) is 14.8 Å². The molecule has 0 amide bonds. The lowest BCUT2D eigenvalue weighted by molar-refractivity contribution is 0.598. The van der Waals surface area contributed by atoms with Crippen LogP contribution in [0, 0.1) is 13.8 Å². The third-order valence-corrected chi connectivity index (χ3v) is 6.87. The third kappa shape index (κ3) is 4.25. The Kier molecular flexibility index (Phi) is 5.22. The number of aryl methyl sites for hydroxylation is 2. The van der Waals surface area contributed by atoms with Gasteiger partial charge in [-0.15, -0.1) is 5.10 Å². The highest BCUT2D eigenvalue weighted by Crippen LogP contribution is 2.33. The summed E-state index contributed by atoms with van der Waals surface area (Å²) in [6.07, 6.45) is 2.07. The van der Waals surface area contributed by atoms with Gasteiger partial charge in [0.2, 0.25) is 5.95 Å². The maximum atomic E-state index is 12.9. The number of fused-ring (bicyclic) bond motifs is 1. The summed E-state index contributed by atoms with van der Waals surface area (Å²) >= 11 is 0. The van der Waals surface area contributed by atoms with E-state index in [1.807, 2.05) is 68.4 Å². The van der Waals surface area contributed by atoms with Gasteiger partial charge >= 0.3 is 0 Å². The van der Waals surface area contributed by atoms with E-state index in [0.717, 1.165) is 28.0 Å². The number of sulfonamides is 1. The zero-order chi connectivity index (χ0) is 23.0. The molecule has 0 bridgehead atoms. The van der Waals surface area contributed by atoms with Crippen LogP contribution in [0.5, 0.6) is 0 Å². The summed E-state index contributed by atoms with van der Waals surface area (Å²) in [4.78, 5) is 4.62. The zero-order valence-electron chi connectivity index (χ0n) is 18.2. The van der Waals surface area contributed by atoms with E-state index in [1.165, 1.54) is 0 Å². The molecule has 0 aliphatic carbocycles. The van der Waals surface area contributed by atoms with Gasteiger partial charge in [0.25, 0.3) is 16.0 Å². The van der Waals surface area contributed by atoms with E-state index in [2.05, 4.69) is 26.2 Å². The molecule has 7 nitrogen and oxygen atoms in total. The van der Waals surface area contributed by atoms with Crippen molar-refractivity contribution in [3.8, 4) is 0 Å². The van der Waals surface area contributed by atoms with Crippen LogP contribution in [0.15, 0.2) is 89.8 Å². The molecule has 2 N–H and O–H groups in total. The van der Waals surface area contributed by atoms with Crippen molar-refractivity contribution in [1.29, 1.82) is 0 Å². The minimum atomic E-state index is -3.82. The summed E-state index contributed by atoms with van der Waals surface area (Å²) < 4.78 is 29.9. The number of nitrogens with zero attached hydrogens (tertiary/aromatic N) is 3. The van der Waals surface area contributed by atoms with Crippen LogP contribution in [0.2, 0.25) is 0 Å².